The number of carboxylic acids is 2. The minimum absolute atomic E-state index is 0.0208. The zero-order valence-electron chi connectivity index (χ0n) is 20.1. The molecule has 3 atom stereocenters. The van der Waals surface area contributed by atoms with Crippen molar-refractivity contribution in [3.05, 3.63) is 11.6 Å². The molecule has 0 aromatic heterocycles. The molecule has 0 saturated heterocycles. The maximum atomic E-state index is 10.9. The van der Waals surface area contributed by atoms with Gasteiger partial charge in [0, 0.05) is 12.2 Å². The van der Waals surface area contributed by atoms with Gasteiger partial charge in [-0.3, -0.25) is 9.59 Å². The quantitative estimate of drug-likeness (QED) is 0.141. The molecule has 1 saturated carbocycles. The second-order valence-corrected chi connectivity index (χ2v) is 10.5. The van der Waals surface area contributed by atoms with E-state index in [4.69, 9.17) is 10.2 Å². The molecule has 0 unspecified atom stereocenters. The molecule has 0 aliphatic heterocycles. The van der Waals surface area contributed by atoms with E-state index >= 15 is 0 Å². The predicted molar refractivity (Wildman–Crippen MR) is 133 cm³/mol. The molecule has 1 aliphatic carbocycles. The summed E-state index contributed by atoms with van der Waals surface area (Å²) in [5.74, 6) is -1.20. The molecule has 0 spiro atoms. The van der Waals surface area contributed by atoms with E-state index in [0.29, 0.717) is 12.2 Å². The summed E-state index contributed by atoms with van der Waals surface area (Å²) in [5.41, 5.74) is 1.23. The maximum absolute atomic E-state index is 10.9. The largest absolute Gasteiger partial charge is 0.481 e. The Kier molecular flexibility index (Phi) is 16.7. The summed E-state index contributed by atoms with van der Waals surface area (Å²) in [4.78, 5) is 21.8. The number of aliphatic hydroxyl groups is 1. The lowest BCUT2D eigenvalue weighted by Gasteiger charge is -2.36. The van der Waals surface area contributed by atoms with E-state index < -0.39 is 18.0 Å². The second kappa shape index (κ2) is 18.4. The van der Waals surface area contributed by atoms with Crippen LogP contribution < -0.4 is 0 Å². The zero-order chi connectivity index (χ0) is 23.6. The van der Waals surface area contributed by atoms with E-state index in [1.807, 2.05) is 0 Å². The van der Waals surface area contributed by atoms with Gasteiger partial charge in [-0.15, -0.1) is 0 Å². The normalized spacial score (nSPS) is 22.3. The minimum Gasteiger partial charge on any atom is -0.481 e. The lowest BCUT2D eigenvalue weighted by Crippen LogP contribution is -2.37. The standard InChI is InChI=1S/C26H46O5S/c1-2-3-4-5-6-7-8-9-10-11-12-13-14-22-16-15-21(17-18-23(27)28)25(31)26(22)32-20-19-24(29)30/h14,21,25-26,31H,2-13,15-20H2,1H3,(H,27,28)(H,29,30)/t21-,25-,26-/m0/s1. The summed E-state index contributed by atoms with van der Waals surface area (Å²) < 4.78 is 0. The van der Waals surface area contributed by atoms with Gasteiger partial charge >= 0.3 is 11.9 Å². The lowest BCUT2D eigenvalue weighted by atomic mass is 9.80. The highest BCUT2D eigenvalue weighted by atomic mass is 32.2. The van der Waals surface area contributed by atoms with Crippen molar-refractivity contribution in [1.29, 1.82) is 0 Å². The number of hydrogen-bond acceptors (Lipinski definition) is 4. The number of aliphatic carboxylic acids is 2. The Bertz CT molecular complexity index is 548. The number of carbonyl (C=O) groups is 2. The molecule has 1 aliphatic rings. The molecule has 5 nitrogen and oxygen atoms in total. The number of carboxylic acid groups (broad SMARTS) is 2. The molecule has 186 valence electrons. The first-order valence-electron chi connectivity index (χ1n) is 12.9. The number of unbranched alkanes of at least 4 members (excludes halogenated alkanes) is 11. The van der Waals surface area contributed by atoms with Gasteiger partial charge in [0.1, 0.15) is 0 Å². The van der Waals surface area contributed by atoms with Gasteiger partial charge in [0.25, 0.3) is 0 Å². The molecule has 0 amide bonds. The Morgan fingerprint density at radius 2 is 1.47 bits per heavy atom. The van der Waals surface area contributed by atoms with Crippen LogP contribution in [0, 0.1) is 5.92 Å². The van der Waals surface area contributed by atoms with Crippen LogP contribution in [0.1, 0.15) is 116 Å². The second-order valence-electron chi connectivity index (χ2n) is 9.26. The Morgan fingerprint density at radius 3 is 2.03 bits per heavy atom. The predicted octanol–water partition coefficient (Wildman–Crippen LogP) is 6.83. The molecule has 0 aromatic carbocycles. The van der Waals surface area contributed by atoms with Crippen molar-refractivity contribution in [3.8, 4) is 0 Å². The van der Waals surface area contributed by atoms with Crippen molar-refractivity contribution in [2.75, 3.05) is 5.75 Å². The van der Waals surface area contributed by atoms with Crippen molar-refractivity contribution < 1.29 is 24.9 Å². The van der Waals surface area contributed by atoms with Gasteiger partial charge in [0.15, 0.2) is 0 Å². The molecule has 0 aromatic rings. The fraction of sp³-hybridized carbons (Fsp3) is 0.846. The summed E-state index contributed by atoms with van der Waals surface area (Å²) in [6.07, 6.45) is 19.6. The van der Waals surface area contributed by atoms with E-state index in [1.165, 1.54) is 81.5 Å². The number of rotatable bonds is 19. The van der Waals surface area contributed by atoms with Crippen molar-refractivity contribution in [3.63, 3.8) is 0 Å². The van der Waals surface area contributed by atoms with Crippen LogP contribution in [0.15, 0.2) is 11.6 Å². The fourth-order valence-electron chi connectivity index (χ4n) is 4.55. The van der Waals surface area contributed by atoms with E-state index in [0.717, 1.165) is 25.7 Å². The van der Waals surface area contributed by atoms with Gasteiger partial charge in [-0.2, -0.15) is 11.8 Å². The number of aliphatic hydroxyl groups excluding tert-OH is 1. The van der Waals surface area contributed by atoms with Gasteiger partial charge < -0.3 is 15.3 Å². The Balaban J connectivity index is 2.34. The molecule has 32 heavy (non-hydrogen) atoms. The van der Waals surface area contributed by atoms with Gasteiger partial charge in [-0.25, -0.2) is 0 Å². The van der Waals surface area contributed by atoms with Crippen LogP contribution >= 0.6 is 11.8 Å². The van der Waals surface area contributed by atoms with E-state index in [9.17, 15) is 14.7 Å². The third-order valence-corrected chi connectivity index (χ3v) is 7.90. The molecule has 3 N–H and O–H groups in total. The van der Waals surface area contributed by atoms with Crippen LogP contribution in [-0.2, 0) is 9.59 Å². The van der Waals surface area contributed by atoms with Gasteiger partial charge in [-0.1, -0.05) is 82.8 Å². The third-order valence-electron chi connectivity index (χ3n) is 6.52. The van der Waals surface area contributed by atoms with Crippen LogP contribution in [0.2, 0.25) is 0 Å². The van der Waals surface area contributed by atoms with Gasteiger partial charge in [0.05, 0.1) is 17.8 Å². The highest BCUT2D eigenvalue weighted by Gasteiger charge is 2.35. The summed E-state index contributed by atoms with van der Waals surface area (Å²) in [5, 5.41) is 28.7. The molecule has 1 rings (SSSR count). The Hall–Kier alpha value is -1.01. The summed E-state index contributed by atoms with van der Waals surface area (Å²) in [6, 6.07) is 0. The molecule has 0 bridgehead atoms. The van der Waals surface area contributed by atoms with Crippen molar-refractivity contribution in [2.45, 2.75) is 127 Å². The Morgan fingerprint density at radius 1 is 0.906 bits per heavy atom. The van der Waals surface area contributed by atoms with Crippen LogP contribution in [0.3, 0.4) is 0 Å². The number of thioether (sulfide) groups is 1. The van der Waals surface area contributed by atoms with E-state index in [1.54, 1.807) is 0 Å². The molecular weight excluding hydrogens is 424 g/mol. The third kappa shape index (κ3) is 13.5. The zero-order valence-corrected chi connectivity index (χ0v) is 20.9. The first kappa shape index (κ1) is 29.0. The lowest BCUT2D eigenvalue weighted by molar-refractivity contribution is -0.138. The van der Waals surface area contributed by atoms with Gasteiger partial charge in [0.2, 0.25) is 0 Å². The van der Waals surface area contributed by atoms with Gasteiger partial charge in [-0.05, 0) is 38.0 Å². The van der Waals surface area contributed by atoms with Crippen molar-refractivity contribution in [2.24, 2.45) is 5.92 Å². The summed E-state index contributed by atoms with van der Waals surface area (Å²) >= 11 is 1.52. The topological polar surface area (TPSA) is 94.8 Å². The number of allylic oxidation sites excluding steroid dienone is 1. The molecule has 1 fully saturated rings. The van der Waals surface area contributed by atoms with Crippen molar-refractivity contribution >= 4 is 23.7 Å². The van der Waals surface area contributed by atoms with Crippen LogP contribution in [0.25, 0.3) is 0 Å². The number of hydrogen-bond donors (Lipinski definition) is 3. The maximum Gasteiger partial charge on any atom is 0.304 e. The molecule has 6 heteroatoms. The molecule has 0 heterocycles. The molecule has 0 radical (unpaired) electrons. The monoisotopic (exact) mass is 470 g/mol. The highest BCUT2D eigenvalue weighted by Crippen LogP contribution is 2.39. The van der Waals surface area contributed by atoms with Crippen LogP contribution in [0.5, 0.6) is 0 Å². The van der Waals surface area contributed by atoms with E-state index in [-0.39, 0.29) is 24.0 Å². The smallest absolute Gasteiger partial charge is 0.304 e. The molecular formula is C26H46O5S. The average Bonchev–Trinajstić information content (AvgIpc) is 2.75. The van der Waals surface area contributed by atoms with Crippen LogP contribution in [0.4, 0.5) is 0 Å². The Labute approximate surface area is 199 Å². The fourth-order valence-corrected chi connectivity index (χ4v) is 5.94. The first-order chi connectivity index (χ1) is 15.5. The average molecular weight is 471 g/mol. The SMILES string of the molecule is CCCCCCCCCCCCCC=C1CC[C@@H](CCC(=O)O)[C@H](O)[C@H]1SCCC(=O)O. The summed E-state index contributed by atoms with van der Waals surface area (Å²) in [7, 11) is 0. The van der Waals surface area contributed by atoms with E-state index in [2.05, 4.69) is 13.0 Å². The first-order valence-corrected chi connectivity index (χ1v) is 13.9. The van der Waals surface area contributed by atoms with Crippen LogP contribution in [-0.4, -0.2) is 44.4 Å². The van der Waals surface area contributed by atoms with Crippen molar-refractivity contribution in [1.82, 2.24) is 0 Å². The highest BCUT2D eigenvalue weighted by molar-refractivity contribution is 8.00. The summed E-state index contributed by atoms with van der Waals surface area (Å²) in [6.45, 7) is 2.25. The minimum atomic E-state index is -0.829.